The number of hydrogen-bond acceptors (Lipinski definition) is 11. The van der Waals surface area contributed by atoms with Gasteiger partial charge in [0.25, 0.3) is 11.2 Å². The number of thiazole rings is 1. The quantitative estimate of drug-likeness (QED) is 0.151. The second-order valence-electron chi connectivity index (χ2n) is 9.87. The van der Waals surface area contributed by atoms with Crippen molar-refractivity contribution in [1.29, 1.82) is 0 Å². The van der Waals surface area contributed by atoms with E-state index in [1.54, 1.807) is 55.5 Å². The van der Waals surface area contributed by atoms with Crippen LogP contribution in [0.3, 0.4) is 0 Å². The van der Waals surface area contributed by atoms with E-state index in [-0.39, 0.29) is 36.0 Å². The third kappa shape index (κ3) is 5.15. The number of hydrogen-bond donors (Lipinski definition) is 0. The predicted molar refractivity (Wildman–Crippen MR) is 160 cm³/mol. The lowest BCUT2D eigenvalue weighted by atomic mass is 9.94. The van der Waals surface area contributed by atoms with Gasteiger partial charge >= 0.3 is 5.97 Å². The molecule has 4 heterocycles. The summed E-state index contributed by atoms with van der Waals surface area (Å²) in [6, 6.07) is 12.2. The summed E-state index contributed by atoms with van der Waals surface area (Å²) in [7, 11) is 1.43. The Morgan fingerprint density at radius 2 is 1.98 bits per heavy atom. The number of esters is 1. The first-order chi connectivity index (χ1) is 21.3. The maximum atomic E-state index is 14.0. The SMILES string of the molecule is CCCC1=C(C(=O)OCC)[C@H](c2ccc3c(c2)OCO3)n2c(s/c(=C\c3ccc(-c4ccc(OC)cc4[N+](=O)[O-])o3)c2=O)=N1. The molecule has 2 aromatic heterocycles. The number of nitrogens with zero attached hydrogens (tertiary/aromatic N) is 3. The number of methoxy groups -OCH3 is 1. The summed E-state index contributed by atoms with van der Waals surface area (Å²) in [6.45, 7) is 3.94. The Hall–Kier alpha value is -5.17. The number of aromatic nitrogens is 1. The Labute approximate surface area is 254 Å². The van der Waals surface area contributed by atoms with Crippen LogP contribution in [0.2, 0.25) is 0 Å². The Morgan fingerprint density at radius 3 is 2.73 bits per heavy atom. The van der Waals surface area contributed by atoms with Crippen molar-refractivity contribution >= 4 is 29.1 Å². The van der Waals surface area contributed by atoms with Crippen LogP contribution in [0.1, 0.15) is 44.1 Å². The van der Waals surface area contributed by atoms with E-state index in [1.807, 2.05) is 6.92 Å². The van der Waals surface area contributed by atoms with Gasteiger partial charge in [0.1, 0.15) is 17.3 Å². The first-order valence-corrected chi connectivity index (χ1v) is 14.7. The van der Waals surface area contributed by atoms with Gasteiger partial charge in [-0.3, -0.25) is 19.5 Å². The molecule has 4 aromatic rings. The molecule has 0 saturated heterocycles. The van der Waals surface area contributed by atoms with Gasteiger partial charge in [-0.1, -0.05) is 30.7 Å². The zero-order valence-electron chi connectivity index (χ0n) is 24.0. The molecule has 12 nitrogen and oxygen atoms in total. The molecule has 0 spiro atoms. The molecule has 0 N–H and O–H groups in total. The van der Waals surface area contributed by atoms with Crippen molar-refractivity contribution in [2.45, 2.75) is 32.7 Å². The number of fused-ring (bicyclic) bond motifs is 2. The molecule has 2 aliphatic heterocycles. The van der Waals surface area contributed by atoms with Crippen LogP contribution in [0.25, 0.3) is 17.4 Å². The molecule has 226 valence electrons. The first-order valence-electron chi connectivity index (χ1n) is 13.9. The molecule has 6 rings (SSSR count). The average Bonchev–Trinajstić information content (AvgIpc) is 3.75. The number of nitro groups is 1. The Bertz CT molecular complexity index is 2000. The van der Waals surface area contributed by atoms with Gasteiger partial charge < -0.3 is 23.4 Å². The van der Waals surface area contributed by atoms with Crippen molar-refractivity contribution in [3.8, 4) is 28.6 Å². The van der Waals surface area contributed by atoms with Crippen LogP contribution in [0, 0.1) is 10.1 Å². The topological polar surface area (TPSA) is 145 Å². The highest BCUT2D eigenvalue weighted by atomic mass is 32.1. The van der Waals surface area contributed by atoms with Gasteiger partial charge in [0.2, 0.25) is 6.79 Å². The van der Waals surface area contributed by atoms with Gasteiger partial charge in [0.15, 0.2) is 16.3 Å². The molecule has 0 bridgehead atoms. The van der Waals surface area contributed by atoms with Crippen LogP contribution in [-0.4, -0.2) is 36.0 Å². The molecule has 13 heteroatoms. The van der Waals surface area contributed by atoms with Crippen LogP contribution in [0.15, 0.2) is 74.0 Å². The van der Waals surface area contributed by atoms with Crippen molar-refractivity contribution < 1.29 is 33.1 Å². The normalized spacial score (nSPS) is 15.6. The average molecular weight is 618 g/mol. The molecule has 0 radical (unpaired) electrons. The lowest BCUT2D eigenvalue weighted by Crippen LogP contribution is -2.40. The summed E-state index contributed by atoms with van der Waals surface area (Å²) in [4.78, 5) is 43.8. The second kappa shape index (κ2) is 11.8. The zero-order chi connectivity index (χ0) is 31.0. The molecule has 0 unspecified atom stereocenters. The number of benzene rings is 2. The van der Waals surface area contributed by atoms with Gasteiger partial charge in [0.05, 0.1) is 52.1 Å². The fraction of sp³-hybridized carbons (Fsp3) is 0.258. The second-order valence-corrected chi connectivity index (χ2v) is 10.9. The highest BCUT2D eigenvalue weighted by molar-refractivity contribution is 7.07. The number of allylic oxidation sites excluding steroid dienone is 1. The fourth-order valence-corrected chi connectivity index (χ4v) is 6.22. The van der Waals surface area contributed by atoms with Crippen molar-refractivity contribution in [3.05, 3.63) is 101 Å². The maximum Gasteiger partial charge on any atom is 0.338 e. The highest BCUT2D eigenvalue weighted by Crippen LogP contribution is 2.39. The lowest BCUT2D eigenvalue weighted by molar-refractivity contribution is -0.384. The standard InChI is InChI=1S/C31H27N3O9S/c1-4-6-21-27(30(36)40-5-2)28(17-7-11-24-25(13-17)42-16-41-24)33-29(35)26(44-31(33)32-21)15-19-9-12-23(43-19)20-10-8-18(39-3)14-22(20)34(37)38/h7-15,28H,4-6,16H2,1-3H3/b26-15-/t28-/m0/s1. The molecule has 44 heavy (non-hydrogen) atoms. The smallest absolute Gasteiger partial charge is 0.338 e. The number of furan rings is 1. The zero-order valence-corrected chi connectivity index (χ0v) is 24.8. The van der Waals surface area contributed by atoms with E-state index in [1.165, 1.54) is 17.7 Å². The number of carbonyl (C=O) groups excluding carboxylic acids is 1. The Morgan fingerprint density at radius 1 is 1.16 bits per heavy atom. The van der Waals surface area contributed by atoms with Crippen molar-refractivity contribution in [2.24, 2.45) is 4.99 Å². The number of carbonyl (C=O) groups is 1. The number of nitro benzene ring substituents is 1. The predicted octanol–water partition coefficient (Wildman–Crippen LogP) is 4.48. The van der Waals surface area contributed by atoms with Crippen LogP contribution < -0.4 is 29.1 Å². The Kier molecular flexibility index (Phi) is 7.78. The third-order valence-corrected chi connectivity index (χ3v) is 8.15. The number of rotatable bonds is 9. The minimum atomic E-state index is -0.822. The van der Waals surface area contributed by atoms with Gasteiger partial charge in [-0.2, -0.15) is 0 Å². The van der Waals surface area contributed by atoms with Gasteiger partial charge in [0, 0.05) is 6.08 Å². The number of ether oxygens (including phenoxy) is 4. The minimum Gasteiger partial charge on any atom is -0.497 e. The molecule has 2 aliphatic rings. The van der Waals surface area contributed by atoms with E-state index in [4.69, 9.17) is 28.4 Å². The van der Waals surface area contributed by atoms with E-state index in [0.717, 1.165) is 17.8 Å². The van der Waals surface area contributed by atoms with Gasteiger partial charge in [-0.25, -0.2) is 9.79 Å². The fourth-order valence-electron chi connectivity index (χ4n) is 5.22. The molecule has 0 amide bonds. The Balaban J connectivity index is 1.49. The summed E-state index contributed by atoms with van der Waals surface area (Å²) in [5.41, 5.74) is 1.18. The minimum absolute atomic E-state index is 0.0774. The summed E-state index contributed by atoms with van der Waals surface area (Å²) < 4.78 is 29.4. The molecule has 1 atom stereocenters. The molecule has 2 aromatic carbocycles. The lowest BCUT2D eigenvalue weighted by Gasteiger charge is -2.25. The van der Waals surface area contributed by atoms with Crippen molar-refractivity contribution in [1.82, 2.24) is 4.57 Å². The summed E-state index contributed by atoms with van der Waals surface area (Å²) >= 11 is 1.16. The van der Waals surface area contributed by atoms with Crippen molar-refractivity contribution in [3.63, 3.8) is 0 Å². The van der Waals surface area contributed by atoms with Gasteiger partial charge in [-0.15, -0.1) is 0 Å². The maximum absolute atomic E-state index is 14.0. The monoisotopic (exact) mass is 617 g/mol. The molecular weight excluding hydrogens is 590 g/mol. The van der Waals surface area contributed by atoms with E-state index in [0.29, 0.717) is 55.6 Å². The summed E-state index contributed by atoms with van der Waals surface area (Å²) in [5, 5.41) is 11.7. The van der Waals surface area contributed by atoms with Crippen LogP contribution in [-0.2, 0) is 9.53 Å². The van der Waals surface area contributed by atoms with E-state index < -0.39 is 16.9 Å². The first kappa shape index (κ1) is 28.9. The molecular formula is C31H27N3O9S. The van der Waals surface area contributed by atoms with Gasteiger partial charge in [-0.05, 0) is 55.3 Å². The van der Waals surface area contributed by atoms with E-state index in [2.05, 4.69) is 0 Å². The van der Waals surface area contributed by atoms with Crippen LogP contribution in [0.5, 0.6) is 17.2 Å². The van der Waals surface area contributed by atoms with Crippen molar-refractivity contribution in [2.75, 3.05) is 20.5 Å². The summed E-state index contributed by atoms with van der Waals surface area (Å²) in [6.07, 6.45) is 2.78. The van der Waals surface area contributed by atoms with E-state index in [9.17, 15) is 19.7 Å². The summed E-state index contributed by atoms with van der Waals surface area (Å²) in [5.74, 6) is 1.45. The third-order valence-electron chi connectivity index (χ3n) is 7.17. The molecule has 0 aliphatic carbocycles. The molecule has 0 fully saturated rings. The molecule has 0 saturated carbocycles. The van der Waals surface area contributed by atoms with Crippen LogP contribution in [0.4, 0.5) is 5.69 Å². The highest BCUT2D eigenvalue weighted by Gasteiger charge is 2.35. The van der Waals surface area contributed by atoms with Crippen LogP contribution >= 0.6 is 11.3 Å². The van der Waals surface area contributed by atoms with E-state index >= 15 is 0 Å². The largest absolute Gasteiger partial charge is 0.497 e.